The van der Waals surface area contributed by atoms with E-state index in [2.05, 4.69) is 19.1 Å². The van der Waals surface area contributed by atoms with Crippen molar-refractivity contribution >= 4 is 11.8 Å². The Kier molecular flexibility index (Phi) is 4.92. The third-order valence-corrected chi connectivity index (χ3v) is 8.29. The lowest BCUT2D eigenvalue weighted by Gasteiger charge is -2.36. The van der Waals surface area contributed by atoms with Crippen LogP contribution >= 0.6 is 0 Å². The maximum atomic E-state index is 12.9. The summed E-state index contributed by atoms with van der Waals surface area (Å²) in [4.78, 5) is 29.3. The summed E-state index contributed by atoms with van der Waals surface area (Å²) in [6.07, 6.45) is 10.4. The van der Waals surface area contributed by atoms with Crippen LogP contribution in [-0.4, -0.2) is 47.8 Å². The van der Waals surface area contributed by atoms with Gasteiger partial charge in [0.05, 0.1) is 0 Å². The minimum Gasteiger partial charge on any atom is -0.339 e. The fourth-order valence-corrected chi connectivity index (χ4v) is 5.98. The summed E-state index contributed by atoms with van der Waals surface area (Å²) in [6.45, 7) is 4.70. The summed E-state index contributed by atoms with van der Waals surface area (Å²) < 4.78 is 0. The standard InChI is InChI=1S/C25H34N2O2/c1-25(11-12-25)24(29)27-15-13-26(14-16-27)23(28)20-8-5-19(6-9-20)22-10-7-18-3-2-4-21(18)17-22/h5-6,8-9,18,21-22H,2-4,7,10-17H2,1H3. The van der Waals surface area contributed by atoms with Crippen molar-refractivity contribution in [2.24, 2.45) is 17.3 Å². The summed E-state index contributed by atoms with van der Waals surface area (Å²) in [5.74, 6) is 3.00. The molecule has 0 N–H and O–H groups in total. The van der Waals surface area contributed by atoms with Crippen molar-refractivity contribution in [2.75, 3.05) is 26.2 Å². The molecule has 1 heterocycles. The Morgan fingerprint density at radius 1 is 0.862 bits per heavy atom. The molecule has 3 aliphatic carbocycles. The minimum absolute atomic E-state index is 0.111. The summed E-state index contributed by atoms with van der Waals surface area (Å²) in [7, 11) is 0. The maximum absolute atomic E-state index is 12.9. The lowest BCUT2D eigenvalue weighted by atomic mass is 9.73. The molecule has 0 bridgehead atoms. The van der Waals surface area contributed by atoms with E-state index in [1.165, 1.54) is 44.1 Å². The summed E-state index contributed by atoms with van der Waals surface area (Å²) >= 11 is 0. The van der Waals surface area contributed by atoms with Crippen LogP contribution in [0.15, 0.2) is 24.3 Å². The number of hydrogen-bond donors (Lipinski definition) is 0. The first-order valence-corrected chi connectivity index (χ1v) is 11.7. The topological polar surface area (TPSA) is 40.6 Å². The molecule has 0 radical (unpaired) electrons. The second-order valence-electron chi connectivity index (χ2n) is 10.2. The van der Waals surface area contributed by atoms with Gasteiger partial charge < -0.3 is 9.80 Å². The first-order chi connectivity index (χ1) is 14.0. The number of nitrogens with zero attached hydrogens (tertiary/aromatic N) is 2. The van der Waals surface area contributed by atoms with Crippen molar-refractivity contribution in [1.29, 1.82) is 0 Å². The van der Waals surface area contributed by atoms with Crippen molar-refractivity contribution < 1.29 is 9.59 Å². The summed E-state index contributed by atoms with van der Waals surface area (Å²) in [6, 6.07) is 8.45. The molecule has 156 valence electrons. The number of amides is 2. The Balaban J connectivity index is 1.17. The van der Waals surface area contributed by atoms with Crippen LogP contribution in [0.2, 0.25) is 0 Å². The lowest BCUT2D eigenvalue weighted by molar-refractivity contribution is -0.137. The Morgan fingerprint density at radius 2 is 1.52 bits per heavy atom. The monoisotopic (exact) mass is 394 g/mol. The van der Waals surface area contributed by atoms with Crippen molar-refractivity contribution in [3.8, 4) is 0 Å². The normalized spacial score (nSPS) is 30.7. The molecule has 4 aliphatic rings. The molecular weight excluding hydrogens is 360 g/mol. The van der Waals surface area contributed by atoms with Gasteiger partial charge in [-0.1, -0.05) is 38.3 Å². The van der Waals surface area contributed by atoms with Gasteiger partial charge >= 0.3 is 0 Å². The number of hydrogen-bond acceptors (Lipinski definition) is 2. The zero-order valence-electron chi connectivity index (χ0n) is 17.7. The molecule has 3 atom stereocenters. The molecule has 1 aromatic rings. The van der Waals surface area contributed by atoms with E-state index in [4.69, 9.17) is 0 Å². The highest BCUT2D eigenvalue weighted by molar-refractivity contribution is 5.94. The Morgan fingerprint density at radius 3 is 2.21 bits per heavy atom. The Labute approximate surface area is 174 Å². The highest BCUT2D eigenvalue weighted by Crippen LogP contribution is 2.48. The first-order valence-electron chi connectivity index (χ1n) is 11.7. The molecule has 4 fully saturated rings. The Bertz CT molecular complexity index is 775. The van der Waals surface area contributed by atoms with Gasteiger partial charge in [0.1, 0.15) is 0 Å². The SMILES string of the molecule is CC1(C(=O)N2CCN(C(=O)c3ccc(C4CCC5CCCC5C4)cc3)CC2)CC1. The molecule has 2 amide bonds. The molecule has 0 aromatic heterocycles. The zero-order valence-corrected chi connectivity index (χ0v) is 17.7. The van der Waals surface area contributed by atoms with Gasteiger partial charge in [-0.05, 0) is 67.6 Å². The van der Waals surface area contributed by atoms with Crippen LogP contribution in [0, 0.1) is 17.3 Å². The van der Waals surface area contributed by atoms with Gasteiger partial charge in [-0.3, -0.25) is 9.59 Å². The predicted octanol–water partition coefficient (Wildman–Crippen LogP) is 4.45. The first kappa shape index (κ1) is 19.1. The van der Waals surface area contributed by atoms with Gasteiger partial charge in [-0.25, -0.2) is 0 Å². The number of carbonyl (C=O) groups excluding carboxylic acids is 2. The van der Waals surface area contributed by atoms with Crippen LogP contribution in [0.25, 0.3) is 0 Å². The molecule has 1 saturated heterocycles. The van der Waals surface area contributed by atoms with Crippen LogP contribution in [0.1, 0.15) is 80.1 Å². The van der Waals surface area contributed by atoms with Gasteiger partial charge in [-0.2, -0.15) is 0 Å². The van der Waals surface area contributed by atoms with Crippen molar-refractivity contribution in [1.82, 2.24) is 9.80 Å². The summed E-state index contributed by atoms with van der Waals surface area (Å²) in [5, 5.41) is 0. The van der Waals surface area contributed by atoms with E-state index in [1.54, 1.807) is 0 Å². The van der Waals surface area contributed by atoms with Gasteiger partial charge in [-0.15, -0.1) is 0 Å². The number of piperazine rings is 1. The van der Waals surface area contributed by atoms with Gasteiger partial charge in [0.15, 0.2) is 0 Å². The number of benzene rings is 1. The zero-order chi connectivity index (χ0) is 20.0. The molecule has 3 unspecified atom stereocenters. The lowest BCUT2D eigenvalue weighted by Crippen LogP contribution is -2.52. The van der Waals surface area contributed by atoms with Gasteiger partial charge in [0.2, 0.25) is 5.91 Å². The van der Waals surface area contributed by atoms with Crippen molar-refractivity contribution in [3.63, 3.8) is 0 Å². The number of rotatable bonds is 3. The molecule has 5 rings (SSSR count). The van der Waals surface area contributed by atoms with Gasteiger partial charge in [0, 0.05) is 37.2 Å². The van der Waals surface area contributed by atoms with Crippen LogP contribution in [0.4, 0.5) is 0 Å². The number of fused-ring (bicyclic) bond motifs is 1. The average molecular weight is 395 g/mol. The van der Waals surface area contributed by atoms with E-state index in [-0.39, 0.29) is 17.2 Å². The molecule has 1 aliphatic heterocycles. The summed E-state index contributed by atoms with van der Waals surface area (Å²) in [5.41, 5.74) is 2.09. The van der Waals surface area contributed by atoms with E-state index in [0.717, 1.165) is 30.2 Å². The van der Waals surface area contributed by atoms with Crippen LogP contribution < -0.4 is 0 Å². The molecular formula is C25H34N2O2. The second kappa shape index (κ2) is 7.45. The molecule has 29 heavy (non-hydrogen) atoms. The third kappa shape index (κ3) is 3.71. The average Bonchev–Trinajstić information content (AvgIpc) is 3.34. The smallest absolute Gasteiger partial charge is 0.253 e. The van der Waals surface area contributed by atoms with E-state index in [0.29, 0.717) is 32.1 Å². The van der Waals surface area contributed by atoms with E-state index in [1.807, 2.05) is 21.9 Å². The van der Waals surface area contributed by atoms with Crippen molar-refractivity contribution in [3.05, 3.63) is 35.4 Å². The predicted molar refractivity (Wildman–Crippen MR) is 114 cm³/mol. The fraction of sp³-hybridized carbons (Fsp3) is 0.680. The Hall–Kier alpha value is -1.84. The van der Waals surface area contributed by atoms with E-state index >= 15 is 0 Å². The van der Waals surface area contributed by atoms with Crippen LogP contribution in [0.5, 0.6) is 0 Å². The highest BCUT2D eigenvalue weighted by Gasteiger charge is 2.47. The van der Waals surface area contributed by atoms with E-state index < -0.39 is 0 Å². The quantitative estimate of drug-likeness (QED) is 0.760. The maximum Gasteiger partial charge on any atom is 0.253 e. The molecule has 0 spiro atoms. The number of carbonyl (C=O) groups is 2. The van der Waals surface area contributed by atoms with E-state index in [9.17, 15) is 9.59 Å². The largest absolute Gasteiger partial charge is 0.339 e. The fourth-order valence-electron chi connectivity index (χ4n) is 5.98. The molecule has 1 aromatic carbocycles. The molecule has 4 heteroatoms. The molecule has 4 nitrogen and oxygen atoms in total. The van der Waals surface area contributed by atoms with Gasteiger partial charge in [0.25, 0.3) is 5.91 Å². The van der Waals surface area contributed by atoms with Crippen LogP contribution in [-0.2, 0) is 4.79 Å². The molecule has 3 saturated carbocycles. The van der Waals surface area contributed by atoms with Crippen molar-refractivity contribution in [2.45, 2.75) is 64.2 Å². The third-order valence-electron chi connectivity index (χ3n) is 8.29. The second-order valence-corrected chi connectivity index (χ2v) is 10.2. The van der Waals surface area contributed by atoms with Crippen LogP contribution in [0.3, 0.4) is 0 Å². The minimum atomic E-state index is -0.111. The highest BCUT2D eigenvalue weighted by atomic mass is 16.2.